The van der Waals surface area contributed by atoms with Crippen LogP contribution in [0.25, 0.3) is 11.4 Å². The number of aromatic hydroxyl groups is 1. The number of benzene rings is 1. The number of likely N-dealkylation sites (tertiary alicyclic amines) is 1. The number of carbonyl (C=O) groups excluding carboxylic acids is 1. The highest BCUT2D eigenvalue weighted by Crippen LogP contribution is 2.31. The van der Waals surface area contributed by atoms with Gasteiger partial charge in [-0.1, -0.05) is 0 Å². The number of halogens is 2. The second kappa shape index (κ2) is 7.43. The van der Waals surface area contributed by atoms with Crippen LogP contribution in [0.2, 0.25) is 0 Å². The molecule has 0 saturated carbocycles. The van der Waals surface area contributed by atoms with E-state index in [1.165, 1.54) is 24.1 Å². The van der Waals surface area contributed by atoms with E-state index >= 15 is 0 Å². The number of nitrogens with zero attached hydrogens (tertiary/aromatic N) is 3. The standard InChI is InChI=1S/C18H20F2N4O3/c1-27-15-3-2-11(8-14(15)25)16-22-12(10-21)9-13(23-16)17(26)24-6-4-18(19,20)5-7-24/h2-3,8-9,25H,4-7,10,21H2,1H3. The van der Waals surface area contributed by atoms with Gasteiger partial charge in [-0.05, 0) is 24.3 Å². The van der Waals surface area contributed by atoms with Crippen molar-refractivity contribution in [3.8, 4) is 22.9 Å². The Labute approximate surface area is 154 Å². The minimum atomic E-state index is -2.74. The van der Waals surface area contributed by atoms with Crippen LogP contribution >= 0.6 is 0 Å². The first-order chi connectivity index (χ1) is 12.8. The maximum absolute atomic E-state index is 13.3. The van der Waals surface area contributed by atoms with Gasteiger partial charge < -0.3 is 20.5 Å². The number of carbonyl (C=O) groups is 1. The first kappa shape index (κ1) is 19.0. The maximum atomic E-state index is 13.3. The van der Waals surface area contributed by atoms with Gasteiger partial charge in [-0.3, -0.25) is 4.79 Å². The molecule has 1 aliphatic heterocycles. The second-order valence-electron chi connectivity index (χ2n) is 6.31. The monoisotopic (exact) mass is 378 g/mol. The minimum Gasteiger partial charge on any atom is -0.504 e. The third kappa shape index (κ3) is 4.13. The summed E-state index contributed by atoms with van der Waals surface area (Å²) in [7, 11) is 1.43. The van der Waals surface area contributed by atoms with Crippen LogP contribution < -0.4 is 10.5 Å². The molecule has 2 heterocycles. The third-order valence-corrected chi connectivity index (χ3v) is 4.43. The van der Waals surface area contributed by atoms with Gasteiger partial charge in [-0.25, -0.2) is 18.7 Å². The lowest BCUT2D eigenvalue weighted by Gasteiger charge is -2.31. The van der Waals surface area contributed by atoms with Crippen LogP contribution in [0.3, 0.4) is 0 Å². The number of aromatic nitrogens is 2. The predicted octanol–water partition coefficient (Wildman–Crippen LogP) is 2.19. The summed E-state index contributed by atoms with van der Waals surface area (Å²) < 4.78 is 31.7. The van der Waals surface area contributed by atoms with Gasteiger partial charge in [0.25, 0.3) is 11.8 Å². The lowest BCUT2D eigenvalue weighted by molar-refractivity contribution is -0.0495. The van der Waals surface area contributed by atoms with E-state index in [-0.39, 0.29) is 49.7 Å². The number of hydrogen-bond donors (Lipinski definition) is 2. The second-order valence-corrected chi connectivity index (χ2v) is 6.31. The molecule has 0 radical (unpaired) electrons. The molecule has 0 atom stereocenters. The quantitative estimate of drug-likeness (QED) is 0.846. The van der Waals surface area contributed by atoms with Crippen LogP contribution in [0.15, 0.2) is 24.3 Å². The fourth-order valence-corrected chi connectivity index (χ4v) is 2.87. The molecule has 1 amide bonds. The number of amides is 1. The summed E-state index contributed by atoms with van der Waals surface area (Å²) in [6, 6.07) is 6.08. The Morgan fingerprint density at radius 3 is 2.59 bits per heavy atom. The van der Waals surface area contributed by atoms with Crippen LogP contribution in [0.5, 0.6) is 11.5 Å². The van der Waals surface area contributed by atoms with Gasteiger partial charge in [0.15, 0.2) is 17.3 Å². The molecule has 1 aromatic carbocycles. The molecule has 0 aliphatic carbocycles. The first-order valence-electron chi connectivity index (χ1n) is 8.45. The van der Waals surface area contributed by atoms with Crippen LogP contribution in [0.4, 0.5) is 8.78 Å². The average Bonchev–Trinajstić information content (AvgIpc) is 2.67. The summed E-state index contributed by atoms with van der Waals surface area (Å²) in [5.74, 6) is -2.78. The number of methoxy groups -OCH3 is 1. The largest absolute Gasteiger partial charge is 0.504 e. The number of phenolic OH excluding ortho intramolecular Hbond substituents is 1. The van der Waals surface area contributed by atoms with E-state index < -0.39 is 11.8 Å². The van der Waals surface area contributed by atoms with E-state index in [0.717, 1.165) is 0 Å². The fourth-order valence-electron chi connectivity index (χ4n) is 2.87. The average molecular weight is 378 g/mol. The van der Waals surface area contributed by atoms with Crippen molar-refractivity contribution in [2.45, 2.75) is 25.3 Å². The van der Waals surface area contributed by atoms with Gasteiger partial charge in [-0.15, -0.1) is 0 Å². The maximum Gasteiger partial charge on any atom is 0.272 e. The van der Waals surface area contributed by atoms with Crippen LogP contribution in [-0.2, 0) is 6.54 Å². The Morgan fingerprint density at radius 1 is 1.30 bits per heavy atom. The molecule has 0 spiro atoms. The number of ether oxygens (including phenoxy) is 1. The Hall–Kier alpha value is -2.81. The zero-order chi connectivity index (χ0) is 19.6. The van der Waals surface area contributed by atoms with Crippen molar-refractivity contribution in [1.82, 2.24) is 14.9 Å². The van der Waals surface area contributed by atoms with Crippen LogP contribution in [-0.4, -0.2) is 52.0 Å². The molecule has 1 aromatic heterocycles. The highest BCUT2D eigenvalue weighted by Gasteiger charge is 2.36. The molecule has 0 bridgehead atoms. The number of alkyl halides is 2. The van der Waals surface area contributed by atoms with Gasteiger partial charge in [-0.2, -0.15) is 0 Å². The van der Waals surface area contributed by atoms with Gasteiger partial charge >= 0.3 is 0 Å². The highest BCUT2D eigenvalue weighted by molar-refractivity contribution is 5.93. The van der Waals surface area contributed by atoms with Crippen LogP contribution in [0.1, 0.15) is 29.0 Å². The summed E-state index contributed by atoms with van der Waals surface area (Å²) in [6.45, 7) is 0.00884. The van der Waals surface area contributed by atoms with Crippen molar-refractivity contribution in [1.29, 1.82) is 0 Å². The van der Waals surface area contributed by atoms with Crippen molar-refractivity contribution >= 4 is 5.91 Å². The summed E-state index contributed by atoms with van der Waals surface area (Å²) >= 11 is 0. The van der Waals surface area contributed by atoms with Crippen LogP contribution in [0, 0.1) is 0 Å². The Bertz CT molecular complexity index is 850. The van der Waals surface area contributed by atoms with Gasteiger partial charge in [0.1, 0.15) is 5.69 Å². The normalized spacial score (nSPS) is 16.2. The molecule has 1 aliphatic rings. The SMILES string of the molecule is COc1ccc(-c2nc(CN)cc(C(=O)N3CCC(F)(F)CC3)n2)cc1O. The minimum absolute atomic E-state index is 0.0353. The lowest BCUT2D eigenvalue weighted by Crippen LogP contribution is -2.43. The molecule has 3 N–H and O–H groups in total. The summed E-state index contributed by atoms with van der Waals surface area (Å²) in [4.78, 5) is 22.6. The van der Waals surface area contributed by atoms with Crippen molar-refractivity contribution in [3.63, 3.8) is 0 Å². The first-order valence-corrected chi connectivity index (χ1v) is 8.45. The van der Waals surface area contributed by atoms with Crippen molar-refractivity contribution in [2.75, 3.05) is 20.2 Å². The Morgan fingerprint density at radius 2 is 2.00 bits per heavy atom. The van der Waals surface area contributed by atoms with E-state index in [9.17, 15) is 18.7 Å². The van der Waals surface area contributed by atoms with Crippen molar-refractivity contribution in [3.05, 3.63) is 35.7 Å². The molecular formula is C18H20F2N4O3. The summed E-state index contributed by atoms with van der Waals surface area (Å²) in [6.07, 6.45) is -0.737. The van der Waals surface area contributed by atoms with E-state index in [0.29, 0.717) is 17.0 Å². The number of phenols is 1. The summed E-state index contributed by atoms with van der Waals surface area (Å²) in [5.41, 5.74) is 6.66. The Kier molecular flexibility index (Phi) is 5.22. The van der Waals surface area contributed by atoms with Crippen molar-refractivity contribution < 1.29 is 23.4 Å². The molecule has 0 unspecified atom stereocenters. The molecule has 9 heteroatoms. The van der Waals surface area contributed by atoms with Crippen molar-refractivity contribution in [2.24, 2.45) is 5.73 Å². The van der Waals surface area contributed by atoms with E-state index in [1.807, 2.05) is 0 Å². The van der Waals surface area contributed by atoms with Gasteiger partial charge in [0.05, 0.1) is 12.8 Å². The molecule has 1 fully saturated rings. The zero-order valence-electron chi connectivity index (χ0n) is 14.8. The number of nitrogens with two attached hydrogens (primary N) is 1. The highest BCUT2D eigenvalue weighted by atomic mass is 19.3. The third-order valence-electron chi connectivity index (χ3n) is 4.43. The molecule has 144 valence electrons. The topological polar surface area (TPSA) is 102 Å². The number of rotatable bonds is 4. The molecule has 2 aromatic rings. The smallest absolute Gasteiger partial charge is 0.272 e. The van der Waals surface area contributed by atoms with E-state index in [1.54, 1.807) is 12.1 Å². The van der Waals surface area contributed by atoms with Gasteiger partial charge in [0, 0.05) is 38.0 Å². The summed E-state index contributed by atoms with van der Waals surface area (Å²) in [5, 5.41) is 9.96. The van der Waals surface area contributed by atoms with Gasteiger partial charge in [0.2, 0.25) is 0 Å². The molecule has 27 heavy (non-hydrogen) atoms. The number of piperidine rings is 1. The predicted molar refractivity (Wildman–Crippen MR) is 93.7 cm³/mol. The molecule has 7 nitrogen and oxygen atoms in total. The zero-order valence-corrected chi connectivity index (χ0v) is 14.8. The van der Waals surface area contributed by atoms with E-state index in [4.69, 9.17) is 10.5 Å². The molecule has 1 saturated heterocycles. The fraction of sp³-hybridized carbons (Fsp3) is 0.389. The molecule has 3 rings (SSSR count). The Balaban J connectivity index is 1.92. The molecular weight excluding hydrogens is 358 g/mol. The van der Waals surface area contributed by atoms with E-state index in [2.05, 4.69) is 9.97 Å². The number of hydrogen-bond acceptors (Lipinski definition) is 6. The lowest BCUT2D eigenvalue weighted by atomic mass is 10.1.